The van der Waals surface area contributed by atoms with E-state index in [-0.39, 0.29) is 0 Å². The Morgan fingerprint density at radius 3 is 3.06 bits per heavy atom. The number of hydrogen-bond acceptors (Lipinski definition) is 3. The normalized spacial score (nSPS) is 11.4. The summed E-state index contributed by atoms with van der Waals surface area (Å²) in [5.41, 5.74) is 3.50. The number of aromatic amines is 1. The highest BCUT2D eigenvalue weighted by molar-refractivity contribution is 7.80. The Labute approximate surface area is 101 Å². The molecule has 86 valence electrons. The van der Waals surface area contributed by atoms with Gasteiger partial charge in [-0.25, -0.2) is 4.98 Å². The van der Waals surface area contributed by atoms with E-state index >= 15 is 0 Å². The zero-order valence-electron chi connectivity index (χ0n) is 9.48. The van der Waals surface area contributed by atoms with E-state index in [1.807, 2.05) is 0 Å². The predicted molar refractivity (Wildman–Crippen MR) is 71.1 cm³/mol. The molecule has 0 saturated carbocycles. The summed E-state index contributed by atoms with van der Waals surface area (Å²) < 4.78 is 0. The van der Waals surface area contributed by atoms with Gasteiger partial charge in [-0.15, -0.1) is 0 Å². The SMILES string of the molecule is CN(CCS)CCc1ccc2nc[nH]c2c1. The number of imidazole rings is 1. The van der Waals surface area contributed by atoms with Crippen molar-refractivity contribution in [3.05, 3.63) is 30.1 Å². The van der Waals surface area contributed by atoms with Crippen LogP contribution in [-0.4, -0.2) is 40.8 Å². The van der Waals surface area contributed by atoms with Gasteiger partial charge in [-0.1, -0.05) is 6.07 Å². The minimum Gasteiger partial charge on any atom is -0.345 e. The first-order valence-corrected chi connectivity index (χ1v) is 6.14. The molecule has 0 saturated heterocycles. The van der Waals surface area contributed by atoms with E-state index in [0.717, 1.165) is 36.3 Å². The van der Waals surface area contributed by atoms with Crippen LogP contribution in [0.15, 0.2) is 24.5 Å². The molecule has 4 heteroatoms. The van der Waals surface area contributed by atoms with Gasteiger partial charge in [0.05, 0.1) is 17.4 Å². The quantitative estimate of drug-likeness (QED) is 0.777. The molecule has 1 heterocycles. The van der Waals surface area contributed by atoms with Gasteiger partial charge in [0, 0.05) is 18.8 Å². The lowest BCUT2D eigenvalue weighted by Gasteiger charge is -2.14. The molecule has 1 aromatic heterocycles. The van der Waals surface area contributed by atoms with Crippen LogP contribution in [0.3, 0.4) is 0 Å². The molecule has 0 aliphatic rings. The Kier molecular flexibility index (Phi) is 3.85. The molecule has 0 unspecified atom stereocenters. The van der Waals surface area contributed by atoms with Crippen LogP contribution in [0.4, 0.5) is 0 Å². The number of likely N-dealkylation sites (N-methyl/N-ethyl adjacent to an activating group) is 1. The van der Waals surface area contributed by atoms with E-state index in [2.05, 4.69) is 52.7 Å². The highest BCUT2D eigenvalue weighted by Gasteiger charge is 2.01. The lowest BCUT2D eigenvalue weighted by Crippen LogP contribution is -2.23. The average Bonchev–Trinajstić information content (AvgIpc) is 2.74. The molecular formula is C12H17N3S. The topological polar surface area (TPSA) is 31.9 Å². The molecule has 1 N–H and O–H groups in total. The van der Waals surface area contributed by atoms with Gasteiger partial charge in [-0.2, -0.15) is 12.6 Å². The Balaban J connectivity index is 1.98. The number of rotatable bonds is 5. The standard InChI is InChI=1S/C12H17N3S/c1-15(6-7-16)5-4-10-2-3-11-12(8-10)14-9-13-11/h2-3,8-9,16H,4-7H2,1H3,(H,13,14). The van der Waals surface area contributed by atoms with Crippen molar-refractivity contribution in [1.29, 1.82) is 0 Å². The first kappa shape index (κ1) is 11.5. The monoisotopic (exact) mass is 235 g/mol. The third-order valence-corrected chi connectivity index (χ3v) is 2.95. The van der Waals surface area contributed by atoms with Gasteiger partial charge in [0.2, 0.25) is 0 Å². The first-order chi connectivity index (χ1) is 7.79. The van der Waals surface area contributed by atoms with Crippen molar-refractivity contribution in [3.8, 4) is 0 Å². The smallest absolute Gasteiger partial charge is 0.0931 e. The third-order valence-electron chi connectivity index (χ3n) is 2.75. The van der Waals surface area contributed by atoms with Crippen LogP contribution < -0.4 is 0 Å². The fourth-order valence-electron chi connectivity index (χ4n) is 1.74. The van der Waals surface area contributed by atoms with Gasteiger partial charge in [0.15, 0.2) is 0 Å². The molecule has 0 aliphatic carbocycles. The van der Waals surface area contributed by atoms with Gasteiger partial charge in [-0.05, 0) is 31.2 Å². The Morgan fingerprint density at radius 2 is 2.25 bits per heavy atom. The Hall–Kier alpha value is -1.00. The van der Waals surface area contributed by atoms with Crippen LogP contribution in [0.1, 0.15) is 5.56 Å². The van der Waals surface area contributed by atoms with E-state index in [9.17, 15) is 0 Å². The molecule has 0 amide bonds. The van der Waals surface area contributed by atoms with Crippen LogP contribution in [0.2, 0.25) is 0 Å². The summed E-state index contributed by atoms with van der Waals surface area (Å²) in [7, 11) is 2.13. The highest BCUT2D eigenvalue weighted by atomic mass is 32.1. The maximum absolute atomic E-state index is 4.23. The van der Waals surface area contributed by atoms with Crippen LogP contribution in [0, 0.1) is 0 Å². The van der Waals surface area contributed by atoms with E-state index in [1.165, 1.54) is 5.56 Å². The molecule has 0 aliphatic heterocycles. The molecule has 0 spiro atoms. The zero-order valence-corrected chi connectivity index (χ0v) is 10.4. The second-order valence-corrected chi connectivity index (χ2v) is 4.48. The summed E-state index contributed by atoms with van der Waals surface area (Å²) in [5, 5.41) is 0. The van der Waals surface area contributed by atoms with Crippen molar-refractivity contribution in [2.24, 2.45) is 0 Å². The van der Waals surface area contributed by atoms with Gasteiger partial charge < -0.3 is 9.88 Å². The molecule has 0 radical (unpaired) electrons. The molecule has 0 fully saturated rings. The Bertz CT molecular complexity index is 452. The minimum atomic E-state index is 0.913. The lowest BCUT2D eigenvalue weighted by atomic mass is 10.1. The van der Waals surface area contributed by atoms with Gasteiger partial charge in [0.1, 0.15) is 0 Å². The van der Waals surface area contributed by atoms with E-state index < -0.39 is 0 Å². The van der Waals surface area contributed by atoms with Crippen molar-refractivity contribution >= 4 is 23.7 Å². The summed E-state index contributed by atoms with van der Waals surface area (Å²) in [4.78, 5) is 9.64. The number of fused-ring (bicyclic) bond motifs is 1. The summed E-state index contributed by atoms with van der Waals surface area (Å²) in [6, 6.07) is 6.40. The molecule has 0 bridgehead atoms. The van der Waals surface area contributed by atoms with Gasteiger partial charge >= 0.3 is 0 Å². The molecule has 16 heavy (non-hydrogen) atoms. The zero-order chi connectivity index (χ0) is 11.4. The number of nitrogens with one attached hydrogen (secondary N) is 1. The highest BCUT2D eigenvalue weighted by Crippen LogP contribution is 2.12. The summed E-state index contributed by atoms with van der Waals surface area (Å²) in [6.07, 6.45) is 2.81. The van der Waals surface area contributed by atoms with E-state index in [0.29, 0.717) is 0 Å². The van der Waals surface area contributed by atoms with Gasteiger partial charge in [-0.3, -0.25) is 0 Å². The maximum Gasteiger partial charge on any atom is 0.0931 e. The minimum absolute atomic E-state index is 0.913. The fraction of sp³-hybridized carbons (Fsp3) is 0.417. The number of hydrogen-bond donors (Lipinski definition) is 2. The van der Waals surface area contributed by atoms with Crippen LogP contribution in [-0.2, 0) is 6.42 Å². The number of benzene rings is 1. The number of aromatic nitrogens is 2. The summed E-state index contributed by atoms with van der Waals surface area (Å²) in [6.45, 7) is 2.11. The van der Waals surface area contributed by atoms with E-state index in [1.54, 1.807) is 6.33 Å². The third kappa shape index (κ3) is 2.77. The van der Waals surface area contributed by atoms with Crippen molar-refractivity contribution in [1.82, 2.24) is 14.9 Å². The average molecular weight is 235 g/mol. The fourth-order valence-corrected chi connectivity index (χ4v) is 2.08. The number of H-pyrrole nitrogens is 1. The second kappa shape index (κ2) is 5.37. The number of thiol groups is 1. The molecule has 2 rings (SSSR count). The van der Waals surface area contributed by atoms with Crippen molar-refractivity contribution in [3.63, 3.8) is 0 Å². The van der Waals surface area contributed by atoms with Gasteiger partial charge in [0.25, 0.3) is 0 Å². The van der Waals surface area contributed by atoms with Crippen LogP contribution in [0.5, 0.6) is 0 Å². The van der Waals surface area contributed by atoms with Crippen LogP contribution in [0.25, 0.3) is 11.0 Å². The first-order valence-electron chi connectivity index (χ1n) is 5.51. The molecular weight excluding hydrogens is 218 g/mol. The molecule has 3 nitrogen and oxygen atoms in total. The van der Waals surface area contributed by atoms with Crippen molar-refractivity contribution in [2.75, 3.05) is 25.9 Å². The molecule has 2 aromatic rings. The Morgan fingerprint density at radius 1 is 1.38 bits per heavy atom. The summed E-state index contributed by atoms with van der Waals surface area (Å²) >= 11 is 4.23. The lowest BCUT2D eigenvalue weighted by molar-refractivity contribution is 0.361. The largest absolute Gasteiger partial charge is 0.345 e. The predicted octanol–water partition coefficient (Wildman–Crippen LogP) is 1.97. The van der Waals surface area contributed by atoms with Crippen LogP contribution >= 0.6 is 12.6 Å². The van der Waals surface area contributed by atoms with Crippen molar-refractivity contribution < 1.29 is 0 Å². The maximum atomic E-state index is 4.23. The van der Waals surface area contributed by atoms with E-state index in [4.69, 9.17) is 0 Å². The molecule has 0 atom stereocenters. The summed E-state index contributed by atoms with van der Waals surface area (Å²) in [5.74, 6) is 0.913. The van der Waals surface area contributed by atoms with Crippen molar-refractivity contribution in [2.45, 2.75) is 6.42 Å². The molecule has 1 aromatic carbocycles. The second-order valence-electron chi connectivity index (χ2n) is 4.03. The number of nitrogens with zero attached hydrogens (tertiary/aromatic N) is 2.